The Morgan fingerprint density at radius 3 is 2.53 bits per heavy atom. The molecular formula is C14H15N3O2. The Kier molecular flexibility index (Phi) is 4.44. The summed E-state index contributed by atoms with van der Waals surface area (Å²) in [6.45, 7) is 1.82. The summed E-state index contributed by atoms with van der Waals surface area (Å²) in [6.07, 6.45) is 2.94. The molecule has 0 spiro atoms. The summed E-state index contributed by atoms with van der Waals surface area (Å²) >= 11 is 0. The van der Waals surface area contributed by atoms with E-state index in [-0.39, 0.29) is 12.1 Å². The summed E-state index contributed by atoms with van der Waals surface area (Å²) in [5.74, 6) is 0.195. The van der Waals surface area contributed by atoms with Crippen molar-refractivity contribution < 1.29 is 9.53 Å². The van der Waals surface area contributed by atoms with Crippen molar-refractivity contribution in [2.24, 2.45) is 0 Å². The van der Waals surface area contributed by atoms with E-state index in [2.05, 4.69) is 15.3 Å². The van der Waals surface area contributed by atoms with Gasteiger partial charge in [-0.1, -0.05) is 30.3 Å². The van der Waals surface area contributed by atoms with Crippen LogP contribution in [0.4, 0.5) is 5.95 Å². The fourth-order valence-electron chi connectivity index (χ4n) is 1.67. The molecule has 5 heteroatoms. The summed E-state index contributed by atoms with van der Waals surface area (Å²) in [5.41, 5.74) is 0.932. The van der Waals surface area contributed by atoms with Gasteiger partial charge in [-0.05, 0) is 11.6 Å². The van der Waals surface area contributed by atoms with Crippen molar-refractivity contribution in [3.8, 4) is 0 Å². The minimum atomic E-state index is -0.359. The largest absolute Gasteiger partial charge is 0.456 e. The molecule has 0 amide bonds. The number of carbonyl (C=O) groups is 1. The Balaban J connectivity index is 2.04. The van der Waals surface area contributed by atoms with Crippen molar-refractivity contribution >= 4 is 11.9 Å². The molecule has 5 nitrogen and oxygen atoms in total. The highest BCUT2D eigenvalue weighted by Gasteiger charge is 2.14. The van der Waals surface area contributed by atoms with Gasteiger partial charge >= 0.3 is 5.97 Å². The van der Waals surface area contributed by atoms with Crippen LogP contribution in [-0.4, -0.2) is 22.5 Å². The highest BCUT2D eigenvalue weighted by Crippen LogP contribution is 2.17. The van der Waals surface area contributed by atoms with Crippen LogP contribution in [0, 0.1) is 0 Å². The summed E-state index contributed by atoms with van der Waals surface area (Å²) in [6, 6.07) is 11.3. The topological polar surface area (TPSA) is 64.1 Å². The van der Waals surface area contributed by atoms with Crippen molar-refractivity contribution in [3.63, 3.8) is 0 Å². The van der Waals surface area contributed by atoms with E-state index < -0.39 is 0 Å². The number of aromatic nitrogens is 2. The van der Waals surface area contributed by atoms with Gasteiger partial charge in [0.1, 0.15) is 6.10 Å². The molecule has 2 aromatic rings. The molecular weight excluding hydrogens is 242 g/mol. The minimum Gasteiger partial charge on any atom is -0.456 e. The Morgan fingerprint density at radius 2 is 1.89 bits per heavy atom. The van der Waals surface area contributed by atoms with Gasteiger partial charge in [-0.25, -0.2) is 9.97 Å². The molecule has 1 heterocycles. The van der Waals surface area contributed by atoms with Gasteiger partial charge < -0.3 is 10.1 Å². The molecule has 2 rings (SSSR count). The van der Waals surface area contributed by atoms with Gasteiger partial charge in [-0.3, -0.25) is 4.79 Å². The summed E-state index contributed by atoms with van der Waals surface area (Å²) < 4.78 is 5.30. The summed E-state index contributed by atoms with van der Waals surface area (Å²) in [4.78, 5) is 19.3. The Morgan fingerprint density at radius 1 is 1.21 bits per heavy atom. The third-order valence-electron chi connectivity index (χ3n) is 2.49. The minimum absolute atomic E-state index is 0.315. The van der Waals surface area contributed by atoms with E-state index in [1.807, 2.05) is 30.3 Å². The molecule has 98 valence electrons. The first kappa shape index (κ1) is 13.0. The number of ether oxygens (including phenoxy) is 1. The van der Waals surface area contributed by atoms with Gasteiger partial charge in [-0.15, -0.1) is 0 Å². The third-order valence-corrected chi connectivity index (χ3v) is 2.49. The first-order chi connectivity index (χ1) is 9.25. The molecule has 1 atom stereocenters. The zero-order chi connectivity index (χ0) is 13.5. The van der Waals surface area contributed by atoms with Gasteiger partial charge in [-0.2, -0.15) is 0 Å². The maximum Gasteiger partial charge on any atom is 0.303 e. The van der Waals surface area contributed by atoms with Crippen LogP contribution in [0.15, 0.2) is 48.8 Å². The average molecular weight is 257 g/mol. The number of anilines is 1. The number of hydrogen-bond donors (Lipinski definition) is 1. The van der Waals surface area contributed by atoms with Crippen molar-refractivity contribution in [1.29, 1.82) is 0 Å². The molecule has 1 unspecified atom stereocenters. The monoisotopic (exact) mass is 257 g/mol. The molecule has 1 N–H and O–H groups in total. The van der Waals surface area contributed by atoms with Crippen LogP contribution in [0.25, 0.3) is 0 Å². The summed E-state index contributed by atoms with van der Waals surface area (Å²) in [5, 5.41) is 3.05. The molecule has 1 aromatic carbocycles. The second kappa shape index (κ2) is 6.49. The quantitative estimate of drug-likeness (QED) is 0.832. The zero-order valence-corrected chi connectivity index (χ0v) is 10.6. The van der Waals surface area contributed by atoms with E-state index in [0.29, 0.717) is 12.5 Å². The standard InChI is InChI=1S/C14H15N3O2/c1-11(18)19-13(12-6-3-2-4-7-12)10-17-14-15-8-5-9-16-14/h2-9,13H,10H2,1H3,(H,15,16,17). The second-order valence-electron chi connectivity index (χ2n) is 3.96. The van der Waals surface area contributed by atoms with E-state index in [9.17, 15) is 4.79 Å². The van der Waals surface area contributed by atoms with Gasteiger partial charge in [0, 0.05) is 19.3 Å². The van der Waals surface area contributed by atoms with Crippen LogP contribution in [0.1, 0.15) is 18.6 Å². The smallest absolute Gasteiger partial charge is 0.303 e. The molecule has 0 radical (unpaired) electrons. The van der Waals surface area contributed by atoms with Gasteiger partial charge in [0.05, 0.1) is 6.54 Å². The molecule has 0 bridgehead atoms. The number of nitrogens with zero attached hydrogens (tertiary/aromatic N) is 2. The number of nitrogens with one attached hydrogen (secondary N) is 1. The highest BCUT2D eigenvalue weighted by molar-refractivity contribution is 5.66. The number of rotatable bonds is 5. The first-order valence-corrected chi connectivity index (χ1v) is 5.99. The maximum absolute atomic E-state index is 11.2. The van der Waals surface area contributed by atoms with Crippen molar-refractivity contribution in [2.75, 3.05) is 11.9 Å². The molecule has 1 aromatic heterocycles. The maximum atomic E-state index is 11.2. The SMILES string of the molecule is CC(=O)OC(CNc1ncccn1)c1ccccc1. The van der Waals surface area contributed by atoms with Crippen molar-refractivity contribution in [3.05, 3.63) is 54.4 Å². The fourth-order valence-corrected chi connectivity index (χ4v) is 1.67. The lowest BCUT2D eigenvalue weighted by Gasteiger charge is -2.17. The lowest BCUT2D eigenvalue weighted by molar-refractivity contribution is -0.146. The van der Waals surface area contributed by atoms with Crippen LogP contribution in [-0.2, 0) is 9.53 Å². The number of benzene rings is 1. The average Bonchev–Trinajstić information content (AvgIpc) is 2.45. The normalized spacial score (nSPS) is 11.6. The van der Waals surface area contributed by atoms with Gasteiger partial charge in [0.15, 0.2) is 0 Å². The van der Waals surface area contributed by atoms with Crippen molar-refractivity contribution in [2.45, 2.75) is 13.0 Å². The Labute approximate surface area is 111 Å². The van der Waals surface area contributed by atoms with Crippen LogP contribution in [0.5, 0.6) is 0 Å². The number of carbonyl (C=O) groups excluding carboxylic acids is 1. The predicted molar refractivity (Wildman–Crippen MR) is 71.5 cm³/mol. The molecule has 0 aliphatic rings. The zero-order valence-electron chi connectivity index (χ0n) is 10.6. The number of hydrogen-bond acceptors (Lipinski definition) is 5. The Bertz CT molecular complexity index is 517. The van der Waals surface area contributed by atoms with E-state index in [1.54, 1.807) is 18.5 Å². The third kappa shape index (κ3) is 4.06. The van der Waals surface area contributed by atoms with E-state index >= 15 is 0 Å². The molecule has 0 saturated carbocycles. The lowest BCUT2D eigenvalue weighted by atomic mass is 10.1. The van der Waals surface area contributed by atoms with Crippen LogP contribution in [0.2, 0.25) is 0 Å². The van der Waals surface area contributed by atoms with Crippen LogP contribution < -0.4 is 5.32 Å². The van der Waals surface area contributed by atoms with Gasteiger partial charge in [0.2, 0.25) is 5.95 Å². The fraction of sp³-hybridized carbons (Fsp3) is 0.214. The lowest BCUT2D eigenvalue weighted by Crippen LogP contribution is -2.19. The molecule has 0 aliphatic carbocycles. The first-order valence-electron chi connectivity index (χ1n) is 5.99. The predicted octanol–water partition coefficient (Wildman–Crippen LogP) is 2.19. The van der Waals surface area contributed by atoms with E-state index in [0.717, 1.165) is 5.56 Å². The molecule has 0 saturated heterocycles. The van der Waals surface area contributed by atoms with E-state index in [4.69, 9.17) is 4.74 Å². The Hall–Kier alpha value is -2.43. The highest BCUT2D eigenvalue weighted by atomic mass is 16.5. The summed E-state index contributed by atoms with van der Waals surface area (Å²) in [7, 11) is 0. The van der Waals surface area contributed by atoms with Crippen molar-refractivity contribution in [1.82, 2.24) is 9.97 Å². The van der Waals surface area contributed by atoms with Gasteiger partial charge in [0.25, 0.3) is 0 Å². The molecule has 0 fully saturated rings. The second-order valence-corrected chi connectivity index (χ2v) is 3.96. The van der Waals surface area contributed by atoms with E-state index in [1.165, 1.54) is 6.92 Å². The van der Waals surface area contributed by atoms with Crippen LogP contribution >= 0.6 is 0 Å². The van der Waals surface area contributed by atoms with Crippen LogP contribution in [0.3, 0.4) is 0 Å². The molecule has 0 aliphatic heterocycles. The molecule has 19 heavy (non-hydrogen) atoms. The number of esters is 1.